The summed E-state index contributed by atoms with van der Waals surface area (Å²) in [5.41, 5.74) is -0.855. The lowest BCUT2D eigenvalue weighted by Crippen LogP contribution is -2.34. The van der Waals surface area contributed by atoms with Crippen molar-refractivity contribution in [2.45, 2.75) is 31.5 Å². The quantitative estimate of drug-likeness (QED) is 0.557. The first-order valence-corrected chi connectivity index (χ1v) is 9.91. The van der Waals surface area contributed by atoms with E-state index in [0.29, 0.717) is 0 Å². The first kappa shape index (κ1) is 21.6. The molecule has 0 aliphatic carbocycles. The number of hydrogen-bond donors (Lipinski definition) is 1. The smallest absolute Gasteiger partial charge is 0.357 e. The fourth-order valence-electron chi connectivity index (χ4n) is 3.36. The van der Waals surface area contributed by atoms with Crippen molar-refractivity contribution in [3.63, 3.8) is 0 Å². The summed E-state index contributed by atoms with van der Waals surface area (Å²) in [6.45, 7) is 0.104. The second kappa shape index (κ2) is 9.67. The van der Waals surface area contributed by atoms with E-state index in [0.717, 1.165) is 16.3 Å². The van der Waals surface area contributed by atoms with Gasteiger partial charge in [-0.05, 0) is 17.7 Å². The number of esters is 1. The highest BCUT2D eigenvalue weighted by atomic mass is 19.1. The summed E-state index contributed by atoms with van der Waals surface area (Å²) in [5, 5.41) is 0. The molecule has 32 heavy (non-hydrogen) atoms. The van der Waals surface area contributed by atoms with Crippen LogP contribution in [0.3, 0.4) is 0 Å². The van der Waals surface area contributed by atoms with Crippen LogP contribution >= 0.6 is 0 Å². The number of hydrogen-bond acceptors (Lipinski definition) is 7. The van der Waals surface area contributed by atoms with Crippen molar-refractivity contribution in [1.29, 1.82) is 0 Å². The number of aromatic nitrogens is 3. The predicted octanol–water partition coefficient (Wildman–Crippen LogP) is 1.80. The van der Waals surface area contributed by atoms with Gasteiger partial charge in [-0.25, -0.2) is 14.6 Å². The number of halogens is 1. The van der Waals surface area contributed by atoms with Crippen molar-refractivity contribution in [2.75, 3.05) is 6.61 Å². The molecule has 3 aromatic rings. The van der Waals surface area contributed by atoms with Gasteiger partial charge in [0.25, 0.3) is 5.56 Å². The number of pyridine rings is 1. The number of carbonyl (C=O) groups is 1. The molecule has 1 aliphatic rings. The minimum atomic E-state index is -1.11. The number of nitrogens with one attached hydrogen (secondary N) is 1. The van der Waals surface area contributed by atoms with Crippen molar-refractivity contribution in [2.24, 2.45) is 0 Å². The van der Waals surface area contributed by atoms with Gasteiger partial charge in [0.2, 0.25) is 5.82 Å². The lowest BCUT2D eigenvalue weighted by molar-refractivity contribution is -0.0710. The van der Waals surface area contributed by atoms with Crippen LogP contribution < -0.4 is 11.2 Å². The topological polar surface area (TPSA) is 113 Å². The summed E-state index contributed by atoms with van der Waals surface area (Å²) in [6.07, 6.45) is 0.263. The molecule has 1 N–H and O–H groups in total. The van der Waals surface area contributed by atoms with Crippen molar-refractivity contribution < 1.29 is 23.4 Å². The van der Waals surface area contributed by atoms with Gasteiger partial charge in [-0.3, -0.25) is 14.3 Å². The molecule has 0 spiro atoms. The van der Waals surface area contributed by atoms with Crippen molar-refractivity contribution in [3.05, 3.63) is 98.8 Å². The first-order valence-electron chi connectivity index (χ1n) is 9.91. The van der Waals surface area contributed by atoms with E-state index in [1.54, 1.807) is 12.1 Å². The van der Waals surface area contributed by atoms with Gasteiger partial charge < -0.3 is 14.2 Å². The van der Waals surface area contributed by atoms with Gasteiger partial charge in [0, 0.05) is 12.6 Å². The molecule has 1 aromatic carbocycles. The normalized spacial score (nSPS) is 20.2. The van der Waals surface area contributed by atoms with Crippen molar-refractivity contribution >= 4 is 5.97 Å². The van der Waals surface area contributed by atoms with E-state index in [1.807, 2.05) is 35.3 Å². The molecule has 3 atom stereocenters. The van der Waals surface area contributed by atoms with Gasteiger partial charge >= 0.3 is 11.7 Å². The fourth-order valence-corrected chi connectivity index (χ4v) is 3.36. The standard InChI is InChI=1S/C22H20FN3O6/c23-15-11-26(22(29)25-20(15)27)19-10-17(30-12-14-6-2-1-3-7-14)18(32-19)13-31-21(28)16-8-4-5-9-24-16/h1-9,11,17-19H,10,12-13H2,(H,25,27,29)/t17?,18-,19-/m0/s1. The average Bonchev–Trinajstić information content (AvgIpc) is 3.22. The largest absolute Gasteiger partial charge is 0.458 e. The van der Waals surface area contributed by atoms with Crippen LogP contribution in [0, 0.1) is 5.82 Å². The molecule has 1 unspecified atom stereocenters. The third kappa shape index (κ3) is 4.98. The van der Waals surface area contributed by atoms with Gasteiger partial charge in [-0.2, -0.15) is 4.39 Å². The van der Waals surface area contributed by atoms with E-state index in [4.69, 9.17) is 14.2 Å². The molecule has 10 heteroatoms. The predicted molar refractivity (Wildman–Crippen MR) is 109 cm³/mol. The third-order valence-corrected chi connectivity index (χ3v) is 4.97. The second-order valence-corrected chi connectivity index (χ2v) is 7.16. The zero-order chi connectivity index (χ0) is 22.5. The minimum absolute atomic E-state index is 0.141. The van der Waals surface area contributed by atoms with Crippen LogP contribution in [0.2, 0.25) is 0 Å². The van der Waals surface area contributed by atoms with Crippen LogP contribution in [0.1, 0.15) is 28.7 Å². The molecule has 0 amide bonds. The highest BCUT2D eigenvalue weighted by molar-refractivity contribution is 5.87. The van der Waals surface area contributed by atoms with Crippen LogP contribution in [0.25, 0.3) is 0 Å². The van der Waals surface area contributed by atoms with E-state index >= 15 is 0 Å². The van der Waals surface area contributed by atoms with E-state index in [-0.39, 0.29) is 25.3 Å². The maximum absolute atomic E-state index is 13.8. The Hall–Kier alpha value is -3.63. The summed E-state index contributed by atoms with van der Waals surface area (Å²) < 4.78 is 31.9. The Labute approximate surface area is 181 Å². The number of rotatable bonds is 7. The summed E-state index contributed by atoms with van der Waals surface area (Å²) in [5.74, 6) is -1.74. The molecule has 0 bridgehead atoms. The Bertz CT molecular complexity index is 1180. The van der Waals surface area contributed by atoms with Gasteiger partial charge in [-0.1, -0.05) is 36.4 Å². The lowest BCUT2D eigenvalue weighted by atomic mass is 10.1. The average molecular weight is 441 g/mol. The zero-order valence-electron chi connectivity index (χ0n) is 16.8. The monoisotopic (exact) mass is 441 g/mol. The lowest BCUT2D eigenvalue weighted by Gasteiger charge is -2.19. The minimum Gasteiger partial charge on any atom is -0.458 e. The van der Waals surface area contributed by atoms with Gasteiger partial charge in [0.1, 0.15) is 24.6 Å². The molecule has 1 saturated heterocycles. The van der Waals surface area contributed by atoms with Crippen LogP contribution in [0.4, 0.5) is 4.39 Å². The molecular formula is C22H20FN3O6. The second-order valence-electron chi connectivity index (χ2n) is 7.16. The maximum atomic E-state index is 13.8. The van der Waals surface area contributed by atoms with Gasteiger partial charge in [0.15, 0.2) is 0 Å². The fraction of sp³-hybridized carbons (Fsp3) is 0.273. The highest BCUT2D eigenvalue weighted by Crippen LogP contribution is 2.31. The number of H-pyrrole nitrogens is 1. The number of carbonyl (C=O) groups excluding carboxylic acids is 1. The zero-order valence-corrected chi connectivity index (χ0v) is 16.8. The SMILES string of the molecule is O=C(OC[C@@H]1O[C@H](n2cc(F)c(=O)[nH]c2=O)CC1OCc1ccccc1)c1ccccn1. The molecule has 3 heterocycles. The number of ether oxygens (including phenoxy) is 3. The van der Waals surface area contributed by atoms with Gasteiger partial charge in [0.05, 0.1) is 18.9 Å². The molecule has 0 saturated carbocycles. The Morgan fingerprint density at radius 1 is 1.19 bits per heavy atom. The number of benzene rings is 1. The number of aromatic amines is 1. The molecule has 2 aromatic heterocycles. The first-order chi connectivity index (χ1) is 15.5. The summed E-state index contributed by atoms with van der Waals surface area (Å²) >= 11 is 0. The molecular weight excluding hydrogens is 421 g/mol. The molecule has 4 rings (SSSR count). The van der Waals surface area contributed by atoms with Crippen LogP contribution in [0.5, 0.6) is 0 Å². The number of nitrogens with zero attached hydrogens (tertiary/aromatic N) is 2. The van der Waals surface area contributed by atoms with Crippen LogP contribution in [0.15, 0.2) is 70.5 Å². The van der Waals surface area contributed by atoms with E-state index in [9.17, 15) is 18.8 Å². The summed E-state index contributed by atoms with van der Waals surface area (Å²) in [7, 11) is 0. The van der Waals surface area contributed by atoms with Crippen LogP contribution in [-0.2, 0) is 20.8 Å². The Kier molecular flexibility index (Phi) is 6.52. The molecule has 166 valence electrons. The summed E-state index contributed by atoms with van der Waals surface area (Å²) in [6, 6.07) is 14.3. The third-order valence-electron chi connectivity index (χ3n) is 4.97. The van der Waals surface area contributed by atoms with E-state index in [1.165, 1.54) is 12.3 Å². The van der Waals surface area contributed by atoms with Crippen molar-refractivity contribution in [3.8, 4) is 0 Å². The molecule has 1 fully saturated rings. The molecule has 0 radical (unpaired) electrons. The Morgan fingerprint density at radius 3 is 2.72 bits per heavy atom. The van der Waals surface area contributed by atoms with Crippen LogP contribution in [-0.4, -0.2) is 39.3 Å². The molecule has 9 nitrogen and oxygen atoms in total. The van der Waals surface area contributed by atoms with E-state index < -0.39 is 41.5 Å². The van der Waals surface area contributed by atoms with Crippen molar-refractivity contribution in [1.82, 2.24) is 14.5 Å². The Morgan fingerprint density at radius 2 is 1.97 bits per heavy atom. The molecule has 1 aliphatic heterocycles. The maximum Gasteiger partial charge on any atom is 0.357 e. The van der Waals surface area contributed by atoms with Gasteiger partial charge in [-0.15, -0.1) is 0 Å². The summed E-state index contributed by atoms with van der Waals surface area (Å²) in [4.78, 5) is 41.6. The Balaban J connectivity index is 1.49. The van der Waals surface area contributed by atoms with E-state index in [2.05, 4.69) is 4.98 Å². The highest BCUT2D eigenvalue weighted by Gasteiger charge is 2.38.